The standard InChI is InChI=1S/C26H26N2O3S/c1-3-18-6-4-9-22(14-18)28-25(30)17-32-26(28)20-7-5-8-21(16-20)27-24(29)15-19-10-12-23(31-2)13-11-19/h4-14,16,26H,3,15,17H2,1-2H3,(H,27,29)/t26-/m1/s1. The summed E-state index contributed by atoms with van der Waals surface area (Å²) in [5.74, 6) is 1.21. The maximum Gasteiger partial charge on any atom is 0.238 e. The van der Waals surface area contributed by atoms with Crippen LogP contribution in [0.15, 0.2) is 72.8 Å². The lowest BCUT2D eigenvalue weighted by Gasteiger charge is -2.25. The minimum Gasteiger partial charge on any atom is -0.497 e. The van der Waals surface area contributed by atoms with Gasteiger partial charge in [-0.25, -0.2) is 0 Å². The first-order chi connectivity index (χ1) is 15.6. The van der Waals surface area contributed by atoms with Gasteiger partial charge in [-0.2, -0.15) is 0 Å². The molecule has 1 fully saturated rings. The molecule has 0 saturated carbocycles. The Morgan fingerprint density at radius 3 is 2.59 bits per heavy atom. The fourth-order valence-corrected chi connectivity index (χ4v) is 4.95. The number of nitrogens with zero attached hydrogens (tertiary/aromatic N) is 1. The fraction of sp³-hybridized carbons (Fsp3) is 0.231. The van der Waals surface area contributed by atoms with Crippen LogP contribution in [0.25, 0.3) is 0 Å². The summed E-state index contributed by atoms with van der Waals surface area (Å²) in [7, 11) is 1.62. The van der Waals surface area contributed by atoms with Gasteiger partial charge in [-0.3, -0.25) is 14.5 Å². The number of amides is 2. The van der Waals surface area contributed by atoms with E-state index < -0.39 is 0 Å². The largest absolute Gasteiger partial charge is 0.497 e. The number of hydrogen-bond acceptors (Lipinski definition) is 4. The van der Waals surface area contributed by atoms with Gasteiger partial charge >= 0.3 is 0 Å². The number of rotatable bonds is 7. The molecule has 5 nitrogen and oxygen atoms in total. The van der Waals surface area contributed by atoms with Gasteiger partial charge in [0.15, 0.2) is 0 Å². The molecule has 4 rings (SSSR count). The topological polar surface area (TPSA) is 58.6 Å². The molecule has 164 valence electrons. The summed E-state index contributed by atoms with van der Waals surface area (Å²) in [6.07, 6.45) is 1.20. The number of aryl methyl sites for hydroxylation is 1. The lowest BCUT2D eigenvalue weighted by atomic mass is 10.1. The van der Waals surface area contributed by atoms with Gasteiger partial charge in [0.25, 0.3) is 0 Å². The second kappa shape index (κ2) is 9.92. The Labute approximate surface area is 192 Å². The SMILES string of the molecule is CCc1cccc(N2C(=O)CS[C@@H]2c2cccc(NC(=O)Cc3ccc(OC)cc3)c2)c1. The lowest BCUT2D eigenvalue weighted by Crippen LogP contribution is -2.28. The zero-order chi connectivity index (χ0) is 22.5. The Morgan fingerprint density at radius 2 is 1.84 bits per heavy atom. The van der Waals surface area contributed by atoms with E-state index in [9.17, 15) is 9.59 Å². The first kappa shape index (κ1) is 22.0. The molecular weight excluding hydrogens is 420 g/mol. The minimum atomic E-state index is -0.118. The molecule has 0 spiro atoms. The van der Waals surface area contributed by atoms with Crippen molar-refractivity contribution >= 4 is 35.0 Å². The van der Waals surface area contributed by atoms with Crippen molar-refractivity contribution in [1.29, 1.82) is 0 Å². The molecule has 6 heteroatoms. The van der Waals surface area contributed by atoms with E-state index in [0.717, 1.165) is 34.7 Å². The Morgan fingerprint density at radius 1 is 1.06 bits per heavy atom. The van der Waals surface area contributed by atoms with Crippen molar-refractivity contribution in [3.63, 3.8) is 0 Å². The van der Waals surface area contributed by atoms with Crippen molar-refractivity contribution in [1.82, 2.24) is 0 Å². The van der Waals surface area contributed by atoms with Gasteiger partial charge in [0, 0.05) is 11.4 Å². The van der Waals surface area contributed by atoms with Gasteiger partial charge in [0.05, 0.1) is 19.3 Å². The number of thioether (sulfide) groups is 1. The molecule has 1 saturated heterocycles. The molecule has 2 amide bonds. The molecule has 3 aromatic rings. The number of ether oxygens (including phenoxy) is 1. The quantitative estimate of drug-likeness (QED) is 0.541. The number of benzene rings is 3. The van der Waals surface area contributed by atoms with Crippen LogP contribution in [-0.2, 0) is 22.4 Å². The highest BCUT2D eigenvalue weighted by Crippen LogP contribution is 2.42. The van der Waals surface area contributed by atoms with Crippen LogP contribution >= 0.6 is 11.8 Å². The van der Waals surface area contributed by atoms with Gasteiger partial charge in [-0.15, -0.1) is 11.8 Å². The zero-order valence-electron chi connectivity index (χ0n) is 18.2. The smallest absolute Gasteiger partial charge is 0.238 e. The van der Waals surface area contributed by atoms with Crippen LogP contribution in [0.2, 0.25) is 0 Å². The summed E-state index contributed by atoms with van der Waals surface area (Å²) in [6, 6.07) is 23.4. The highest BCUT2D eigenvalue weighted by atomic mass is 32.2. The average molecular weight is 447 g/mol. The Kier molecular flexibility index (Phi) is 6.81. The van der Waals surface area contributed by atoms with Crippen molar-refractivity contribution in [2.45, 2.75) is 25.1 Å². The summed E-state index contributed by atoms with van der Waals surface area (Å²) in [5.41, 5.74) is 4.75. The highest BCUT2D eigenvalue weighted by Gasteiger charge is 2.34. The van der Waals surface area contributed by atoms with E-state index in [4.69, 9.17) is 4.74 Å². The third-order valence-corrected chi connectivity index (χ3v) is 6.66. The van der Waals surface area contributed by atoms with Gasteiger partial charge in [-0.05, 0) is 59.5 Å². The molecule has 1 aliphatic heterocycles. The predicted molar refractivity (Wildman–Crippen MR) is 130 cm³/mol. The molecule has 0 bridgehead atoms. The first-order valence-electron chi connectivity index (χ1n) is 10.6. The van der Waals surface area contributed by atoms with E-state index in [2.05, 4.69) is 24.4 Å². The van der Waals surface area contributed by atoms with Gasteiger partial charge in [-0.1, -0.05) is 43.3 Å². The molecule has 0 unspecified atom stereocenters. The van der Waals surface area contributed by atoms with Crippen molar-refractivity contribution in [3.8, 4) is 5.75 Å². The van der Waals surface area contributed by atoms with Gasteiger partial charge < -0.3 is 10.1 Å². The maximum absolute atomic E-state index is 12.7. The van der Waals surface area contributed by atoms with Crippen LogP contribution in [0.3, 0.4) is 0 Å². The van der Waals surface area contributed by atoms with Crippen LogP contribution in [0.4, 0.5) is 11.4 Å². The van der Waals surface area contributed by atoms with E-state index in [0.29, 0.717) is 5.75 Å². The summed E-state index contributed by atoms with van der Waals surface area (Å²) >= 11 is 1.61. The average Bonchev–Trinajstić information content (AvgIpc) is 3.21. The van der Waals surface area contributed by atoms with E-state index in [1.54, 1.807) is 18.9 Å². The lowest BCUT2D eigenvalue weighted by molar-refractivity contribution is -0.116. The fourth-order valence-electron chi connectivity index (χ4n) is 3.78. The summed E-state index contributed by atoms with van der Waals surface area (Å²) in [4.78, 5) is 27.1. The van der Waals surface area contributed by atoms with Crippen LogP contribution < -0.4 is 15.0 Å². The number of carbonyl (C=O) groups excluding carboxylic acids is 2. The second-order valence-corrected chi connectivity index (χ2v) is 8.72. The number of hydrogen-bond donors (Lipinski definition) is 1. The van der Waals surface area contributed by atoms with Crippen molar-refractivity contribution in [2.24, 2.45) is 0 Å². The van der Waals surface area contributed by atoms with Crippen molar-refractivity contribution < 1.29 is 14.3 Å². The third-order valence-electron chi connectivity index (χ3n) is 5.44. The Hall–Kier alpha value is -3.25. The number of methoxy groups -OCH3 is 1. The molecule has 1 N–H and O–H groups in total. The van der Waals surface area contributed by atoms with Crippen LogP contribution in [0.1, 0.15) is 29.0 Å². The third kappa shape index (κ3) is 4.97. The normalized spacial score (nSPS) is 15.6. The maximum atomic E-state index is 12.7. The Bertz CT molecular complexity index is 1110. The van der Waals surface area contributed by atoms with Crippen molar-refractivity contribution in [3.05, 3.63) is 89.5 Å². The number of nitrogens with one attached hydrogen (secondary N) is 1. The first-order valence-corrected chi connectivity index (χ1v) is 11.7. The molecule has 0 radical (unpaired) electrons. The van der Waals surface area contributed by atoms with Crippen LogP contribution in [0, 0.1) is 0 Å². The summed E-state index contributed by atoms with van der Waals surface area (Å²) in [5, 5.41) is 2.87. The molecular formula is C26H26N2O3S. The van der Waals surface area contributed by atoms with Crippen molar-refractivity contribution in [2.75, 3.05) is 23.1 Å². The minimum absolute atomic E-state index is 0.0880. The highest BCUT2D eigenvalue weighted by molar-refractivity contribution is 8.00. The van der Waals surface area contributed by atoms with Gasteiger partial charge in [0.2, 0.25) is 11.8 Å². The second-order valence-electron chi connectivity index (χ2n) is 7.65. The number of carbonyl (C=O) groups is 2. The van der Waals surface area contributed by atoms with E-state index in [-0.39, 0.29) is 23.6 Å². The molecule has 0 aliphatic carbocycles. The number of anilines is 2. The predicted octanol–water partition coefficient (Wildman–Crippen LogP) is 5.22. The van der Waals surface area contributed by atoms with Crippen LogP contribution in [-0.4, -0.2) is 24.7 Å². The van der Waals surface area contributed by atoms with E-state index >= 15 is 0 Å². The molecule has 1 aliphatic rings. The monoisotopic (exact) mass is 446 g/mol. The zero-order valence-corrected chi connectivity index (χ0v) is 19.0. The van der Waals surface area contributed by atoms with Gasteiger partial charge in [0.1, 0.15) is 11.1 Å². The van der Waals surface area contributed by atoms with Crippen LogP contribution in [0.5, 0.6) is 5.75 Å². The Balaban J connectivity index is 1.49. The summed E-state index contributed by atoms with van der Waals surface area (Å²) in [6.45, 7) is 2.11. The molecule has 1 atom stereocenters. The molecule has 3 aromatic carbocycles. The van der Waals surface area contributed by atoms with E-state index in [1.165, 1.54) is 5.56 Å². The van der Waals surface area contributed by atoms with E-state index in [1.807, 2.05) is 65.6 Å². The molecule has 1 heterocycles. The molecule has 0 aromatic heterocycles. The summed E-state index contributed by atoms with van der Waals surface area (Å²) < 4.78 is 5.16. The molecule has 32 heavy (non-hydrogen) atoms.